The second-order valence-electron chi connectivity index (χ2n) is 3.50. The molecule has 0 saturated heterocycles. The summed E-state index contributed by atoms with van der Waals surface area (Å²) in [6.45, 7) is 0. The Balaban J connectivity index is 2.44. The van der Waals surface area contributed by atoms with Gasteiger partial charge in [0, 0.05) is 6.20 Å². The molecule has 0 radical (unpaired) electrons. The van der Waals surface area contributed by atoms with Crippen LogP contribution in [0.3, 0.4) is 0 Å². The van der Waals surface area contributed by atoms with Gasteiger partial charge in [0.05, 0.1) is 16.9 Å². The molecule has 2 rings (SSSR count). The lowest BCUT2D eigenvalue weighted by atomic mass is 10.3. The molecular formula is C12H10ClNO3S. The summed E-state index contributed by atoms with van der Waals surface area (Å²) in [6.07, 6.45) is 1.24. The highest BCUT2D eigenvalue weighted by molar-refractivity contribution is 7.91. The van der Waals surface area contributed by atoms with Crippen LogP contribution in [0.2, 0.25) is 5.15 Å². The first-order chi connectivity index (χ1) is 8.54. The minimum absolute atomic E-state index is 0.108. The molecule has 94 valence electrons. The Kier molecular flexibility index (Phi) is 3.54. The Morgan fingerprint density at radius 3 is 2.17 bits per heavy atom. The quantitative estimate of drug-likeness (QED) is 0.813. The van der Waals surface area contributed by atoms with Crippen LogP contribution in [0.1, 0.15) is 0 Å². The Morgan fingerprint density at radius 2 is 1.67 bits per heavy atom. The van der Waals surface area contributed by atoms with Crippen molar-refractivity contribution in [2.45, 2.75) is 9.79 Å². The Hall–Kier alpha value is -1.59. The molecule has 1 aromatic heterocycles. The van der Waals surface area contributed by atoms with Crippen molar-refractivity contribution in [1.82, 2.24) is 4.98 Å². The van der Waals surface area contributed by atoms with Crippen molar-refractivity contribution in [2.75, 3.05) is 7.11 Å². The average molecular weight is 284 g/mol. The molecule has 0 amide bonds. The molecule has 18 heavy (non-hydrogen) atoms. The van der Waals surface area contributed by atoms with Gasteiger partial charge in [0.25, 0.3) is 0 Å². The van der Waals surface area contributed by atoms with Crippen molar-refractivity contribution in [2.24, 2.45) is 0 Å². The number of halogens is 1. The third-order valence-electron chi connectivity index (χ3n) is 2.38. The fourth-order valence-electron chi connectivity index (χ4n) is 1.41. The van der Waals surface area contributed by atoms with Crippen molar-refractivity contribution in [3.8, 4) is 5.75 Å². The number of sulfone groups is 1. The Bertz CT molecular complexity index is 636. The molecule has 0 N–H and O–H groups in total. The molecule has 0 bridgehead atoms. The summed E-state index contributed by atoms with van der Waals surface area (Å²) in [5.74, 6) is 0.600. The summed E-state index contributed by atoms with van der Waals surface area (Å²) < 4.78 is 29.4. The van der Waals surface area contributed by atoms with Gasteiger partial charge in [0.1, 0.15) is 10.9 Å². The van der Waals surface area contributed by atoms with Crippen molar-refractivity contribution in [3.63, 3.8) is 0 Å². The van der Waals surface area contributed by atoms with Crippen LogP contribution in [0.25, 0.3) is 0 Å². The first-order valence-electron chi connectivity index (χ1n) is 5.05. The maximum atomic E-state index is 12.2. The van der Waals surface area contributed by atoms with Crippen molar-refractivity contribution < 1.29 is 13.2 Å². The van der Waals surface area contributed by atoms with Gasteiger partial charge in [-0.05, 0) is 36.4 Å². The SMILES string of the molecule is COc1ccc(S(=O)(=O)c2ccc(Cl)nc2)cc1. The van der Waals surface area contributed by atoms with Gasteiger partial charge in [0.15, 0.2) is 0 Å². The first kappa shape index (κ1) is 12.9. The molecule has 4 nitrogen and oxygen atoms in total. The normalized spacial score (nSPS) is 11.2. The molecule has 1 heterocycles. The van der Waals surface area contributed by atoms with E-state index in [-0.39, 0.29) is 14.9 Å². The van der Waals surface area contributed by atoms with Crippen molar-refractivity contribution in [1.29, 1.82) is 0 Å². The van der Waals surface area contributed by atoms with Crippen LogP contribution in [0, 0.1) is 0 Å². The van der Waals surface area contributed by atoms with Crippen LogP contribution >= 0.6 is 11.6 Å². The summed E-state index contributed by atoms with van der Waals surface area (Å²) in [6, 6.07) is 9.03. The summed E-state index contributed by atoms with van der Waals surface area (Å²) in [4.78, 5) is 4.06. The maximum absolute atomic E-state index is 12.2. The molecule has 0 aliphatic carbocycles. The lowest BCUT2D eigenvalue weighted by Crippen LogP contribution is -2.02. The summed E-state index contributed by atoms with van der Waals surface area (Å²) >= 11 is 5.62. The standard InChI is InChI=1S/C12H10ClNO3S/c1-17-9-2-4-10(5-3-9)18(15,16)11-6-7-12(13)14-8-11/h2-8H,1H3. The van der Waals surface area contributed by atoms with Gasteiger partial charge >= 0.3 is 0 Å². The maximum Gasteiger partial charge on any atom is 0.208 e. The zero-order chi connectivity index (χ0) is 13.2. The molecule has 6 heteroatoms. The average Bonchev–Trinajstić information content (AvgIpc) is 2.39. The molecule has 0 spiro atoms. The Morgan fingerprint density at radius 1 is 1.06 bits per heavy atom. The molecule has 0 unspecified atom stereocenters. The number of benzene rings is 1. The highest BCUT2D eigenvalue weighted by Gasteiger charge is 2.17. The molecular weight excluding hydrogens is 274 g/mol. The molecule has 0 aliphatic rings. The fourth-order valence-corrected chi connectivity index (χ4v) is 2.73. The van der Waals surface area contributed by atoms with E-state index in [0.29, 0.717) is 5.75 Å². The zero-order valence-electron chi connectivity index (χ0n) is 9.50. The van der Waals surface area contributed by atoms with Crippen LogP contribution in [-0.4, -0.2) is 20.5 Å². The monoisotopic (exact) mass is 283 g/mol. The Labute approximate surface area is 110 Å². The van der Waals surface area contributed by atoms with E-state index in [1.54, 1.807) is 12.1 Å². The second-order valence-corrected chi connectivity index (χ2v) is 5.83. The van der Waals surface area contributed by atoms with Crippen LogP contribution in [-0.2, 0) is 9.84 Å². The van der Waals surface area contributed by atoms with Gasteiger partial charge in [-0.1, -0.05) is 11.6 Å². The van der Waals surface area contributed by atoms with Crippen LogP contribution in [0.4, 0.5) is 0 Å². The fraction of sp³-hybridized carbons (Fsp3) is 0.0833. The highest BCUT2D eigenvalue weighted by Crippen LogP contribution is 2.23. The zero-order valence-corrected chi connectivity index (χ0v) is 11.1. The largest absolute Gasteiger partial charge is 0.497 e. The highest BCUT2D eigenvalue weighted by atomic mass is 35.5. The lowest BCUT2D eigenvalue weighted by Gasteiger charge is -2.05. The molecule has 0 atom stereocenters. The number of hydrogen-bond donors (Lipinski definition) is 0. The van der Waals surface area contributed by atoms with E-state index in [0.717, 1.165) is 0 Å². The molecule has 0 aliphatic heterocycles. The van der Waals surface area contributed by atoms with E-state index < -0.39 is 9.84 Å². The van der Waals surface area contributed by atoms with E-state index in [1.807, 2.05) is 0 Å². The summed E-state index contributed by atoms with van der Waals surface area (Å²) in [5.41, 5.74) is 0. The topological polar surface area (TPSA) is 56.3 Å². The van der Waals surface area contributed by atoms with E-state index >= 15 is 0 Å². The number of hydrogen-bond acceptors (Lipinski definition) is 4. The van der Waals surface area contributed by atoms with Gasteiger partial charge in [-0.2, -0.15) is 0 Å². The smallest absolute Gasteiger partial charge is 0.208 e. The molecule has 0 fully saturated rings. The third kappa shape index (κ3) is 2.47. The third-order valence-corrected chi connectivity index (χ3v) is 4.36. The minimum atomic E-state index is -3.56. The van der Waals surface area contributed by atoms with Gasteiger partial charge in [-0.3, -0.25) is 0 Å². The van der Waals surface area contributed by atoms with Crippen LogP contribution < -0.4 is 4.74 Å². The van der Waals surface area contributed by atoms with Crippen LogP contribution in [0.5, 0.6) is 5.75 Å². The van der Waals surface area contributed by atoms with E-state index in [4.69, 9.17) is 16.3 Å². The summed E-state index contributed by atoms with van der Waals surface area (Å²) in [7, 11) is -2.04. The van der Waals surface area contributed by atoms with E-state index in [9.17, 15) is 8.42 Å². The number of ether oxygens (including phenoxy) is 1. The van der Waals surface area contributed by atoms with E-state index in [2.05, 4.69) is 4.98 Å². The number of rotatable bonds is 3. The molecule has 2 aromatic rings. The predicted octanol–water partition coefficient (Wildman–Crippen LogP) is 2.58. The predicted molar refractivity (Wildman–Crippen MR) is 67.7 cm³/mol. The molecule has 0 saturated carbocycles. The van der Waals surface area contributed by atoms with Crippen molar-refractivity contribution in [3.05, 3.63) is 47.7 Å². The minimum Gasteiger partial charge on any atom is -0.497 e. The van der Waals surface area contributed by atoms with Gasteiger partial charge < -0.3 is 4.74 Å². The van der Waals surface area contributed by atoms with Crippen LogP contribution in [0.15, 0.2) is 52.4 Å². The lowest BCUT2D eigenvalue weighted by molar-refractivity contribution is 0.414. The number of nitrogens with zero attached hydrogens (tertiary/aromatic N) is 1. The molecule has 1 aromatic carbocycles. The second kappa shape index (κ2) is 4.96. The number of pyridine rings is 1. The summed E-state index contributed by atoms with van der Waals surface area (Å²) in [5, 5.41) is 0.253. The first-order valence-corrected chi connectivity index (χ1v) is 6.91. The number of aromatic nitrogens is 1. The van der Waals surface area contributed by atoms with E-state index in [1.165, 1.54) is 37.6 Å². The van der Waals surface area contributed by atoms with Crippen molar-refractivity contribution >= 4 is 21.4 Å². The van der Waals surface area contributed by atoms with Gasteiger partial charge in [-0.15, -0.1) is 0 Å². The van der Waals surface area contributed by atoms with Gasteiger partial charge in [0.2, 0.25) is 9.84 Å². The number of methoxy groups -OCH3 is 1. The van der Waals surface area contributed by atoms with Gasteiger partial charge in [-0.25, -0.2) is 13.4 Å².